The van der Waals surface area contributed by atoms with Gasteiger partial charge in [-0.15, -0.1) is 0 Å². The summed E-state index contributed by atoms with van der Waals surface area (Å²) in [4.78, 5) is 31.5. The summed E-state index contributed by atoms with van der Waals surface area (Å²) >= 11 is 1.03. The van der Waals surface area contributed by atoms with Gasteiger partial charge >= 0.3 is 0 Å². The zero-order valence-electron chi connectivity index (χ0n) is 8.19. The molecule has 0 radical (unpaired) electrons. The average Bonchev–Trinajstić information content (AvgIpc) is 2.16. The van der Waals surface area contributed by atoms with Gasteiger partial charge in [-0.05, 0) is 12.8 Å². The van der Waals surface area contributed by atoms with Crippen LogP contribution in [0.4, 0.5) is 0 Å². The van der Waals surface area contributed by atoms with Gasteiger partial charge in [0, 0.05) is 12.7 Å². The molecule has 80 valence electrons. The molecule has 1 unspecified atom stereocenters. The minimum Gasteiger partial charge on any atom is -0.322 e. The van der Waals surface area contributed by atoms with Crippen molar-refractivity contribution in [3.8, 4) is 0 Å². The quantitative estimate of drug-likeness (QED) is 0.382. The Morgan fingerprint density at radius 1 is 1.43 bits per heavy atom. The largest absolute Gasteiger partial charge is 0.322 e. The lowest BCUT2D eigenvalue weighted by Crippen LogP contribution is -2.20. The van der Waals surface area contributed by atoms with Crippen LogP contribution in [0, 0.1) is 0 Å². The van der Waals surface area contributed by atoms with Crippen molar-refractivity contribution in [1.82, 2.24) is 0 Å². The molecule has 4 nitrogen and oxygen atoms in total. The fourth-order valence-corrected chi connectivity index (χ4v) is 1.55. The molecule has 1 atom stereocenters. The highest BCUT2D eigenvalue weighted by Crippen LogP contribution is 2.08. The van der Waals surface area contributed by atoms with E-state index in [4.69, 9.17) is 5.73 Å². The molecule has 0 spiro atoms. The Hall–Kier alpha value is -0.680. The molecule has 0 bridgehead atoms. The number of Topliss-reactive ketones (excluding diaryl/α,β-unsaturated/α-hetero) is 1. The first-order chi connectivity index (χ1) is 6.57. The van der Waals surface area contributed by atoms with Crippen LogP contribution in [-0.2, 0) is 14.4 Å². The first-order valence-electron chi connectivity index (χ1n) is 4.46. The van der Waals surface area contributed by atoms with Crippen LogP contribution in [0.15, 0.2) is 0 Å². The first kappa shape index (κ1) is 13.3. The molecule has 0 aliphatic heterocycles. The number of rotatable bonds is 7. The van der Waals surface area contributed by atoms with Gasteiger partial charge in [0.1, 0.15) is 6.29 Å². The van der Waals surface area contributed by atoms with Gasteiger partial charge in [-0.3, -0.25) is 9.59 Å². The van der Waals surface area contributed by atoms with Gasteiger partial charge in [-0.25, -0.2) is 0 Å². The number of nitrogens with two attached hydrogens (primary N) is 1. The monoisotopic (exact) mass is 217 g/mol. The van der Waals surface area contributed by atoms with E-state index in [2.05, 4.69) is 0 Å². The maximum absolute atomic E-state index is 10.8. The number of hydrogen-bond donors (Lipinski definition) is 1. The number of carbonyl (C=O) groups excluding carboxylic acids is 3. The van der Waals surface area contributed by atoms with Gasteiger partial charge < -0.3 is 10.5 Å². The second-order valence-electron chi connectivity index (χ2n) is 2.99. The molecule has 0 fully saturated rings. The summed E-state index contributed by atoms with van der Waals surface area (Å²) in [6.45, 7) is 1.26. The van der Waals surface area contributed by atoms with Crippen molar-refractivity contribution in [3.05, 3.63) is 0 Å². The predicted octanol–water partition coefficient (Wildman–Crippen LogP) is 0.532. The van der Waals surface area contributed by atoms with Gasteiger partial charge in [0.05, 0.1) is 6.04 Å². The molecule has 0 aromatic heterocycles. The van der Waals surface area contributed by atoms with Crippen molar-refractivity contribution in [2.75, 3.05) is 5.75 Å². The van der Waals surface area contributed by atoms with E-state index in [0.717, 1.165) is 24.6 Å². The normalized spacial score (nSPS) is 12.1. The summed E-state index contributed by atoms with van der Waals surface area (Å²) in [7, 11) is 0. The van der Waals surface area contributed by atoms with Crippen LogP contribution in [0.1, 0.15) is 26.2 Å². The standard InChI is InChI=1S/C9H15NO3S/c1-7(12)9(13)14-5-3-2-4-8(10)6-11/h6,8H,2-5,10H2,1H3. The van der Waals surface area contributed by atoms with Crippen molar-refractivity contribution in [1.29, 1.82) is 0 Å². The number of carbonyl (C=O) groups is 3. The van der Waals surface area contributed by atoms with Crippen molar-refractivity contribution in [2.24, 2.45) is 5.73 Å². The smallest absolute Gasteiger partial charge is 0.254 e. The number of hydrogen-bond acceptors (Lipinski definition) is 5. The Morgan fingerprint density at radius 2 is 2.07 bits per heavy atom. The molecule has 0 saturated heterocycles. The molecular formula is C9H15NO3S. The Labute approximate surface area is 87.6 Å². The van der Waals surface area contributed by atoms with Crippen LogP contribution in [0.5, 0.6) is 0 Å². The Kier molecular flexibility index (Phi) is 7.32. The number of ketones is 1. The molecule has 0 aromatic carbocycles. The second-order valence-corrected chi connectivity index (χ2v) is 4.06. The lowest BCUT2D eigenvalue weighted by atomic mass is 10.1. The minimum atomic E-state index is -0.417. The average molecular weight is 217 g/mol. The molecule has 0 aliphatic rings. The van der Waals surface area contributed by atoms with Gasteiger partial charge in [0.2, 0.25) is 5.78 Å². The Morgan fingerprint density at radius 3 is 2.57 bits per heavy atom. The van der Waals surface area contributed by atoms with Crippen molar-refractivity contribution in [3.63, 3.8) is 0 Å². The molecule has 0 aliphatic carbocycles. The highest BCUT2D eigenvalue weighted by molar-refractivity contribution is 8.15. The minimum absolute atomic E-state index is 0.398. The van der Waals surface area contributed by atoms with E-state index < -0.39 is 16.9 Å². The number of thioether (sulfide) groups is 1. The van der Waals surface area contributed by atoms with E-state index in [0.29, 0.717) is 18.5 Å². The fourth-order valence-electron chi connectivity index (χ4n) is 0.817. The van der Waals surface area contributed by atoms with Crippen molar-refractivity contribution >= 4 is 28.9 Å². The molecule has 2 N–H and O–H groups in total. The summed E-state index contributed by atoms with van der Waals surface area (Å²) in [5.74, 6) is 0.198. The van der Waals surface area contributed by atoms with Gasteiger partial charge in [0.15, 0.2) is 0 Å². The molecule has 0 rings (SSSR count). The predicted molar refractivity (Wildman–Crippen MR) is 56.0 cm³/mol. The zero-order chi connectivity index (χ0) is 11.0. The van der Waals surface area contributed by atoms with E-state index >= 15 is 0 Å². The topological polar surface area (TPSA) is 77.2 Å². The van der Waals surface area contributed by atoms with Crippen LogP contribution in [0.25, 0.3) is 0 Å². The van der Waals surface area contributed by atoms with Gasteiger partial charge in [0.25, 0.3) is 5.12 Å². The van der Waals surface area contributed by atoms with Crippen LogP contribution in [0.2, 0.25) is 0 Å². The fraction of sp³-hybridized carbons (Fsp3) is 0.667. The SMILES string of the molecule is CC(=O)C(=O)SCCCCC(N)C=O. The lowest BCUT2D eigenvalue weighted by molar-refractivity contribution is -0.130. The third-order valence-electron chi connectivity index (χ3n) is 1.63. The molecule has 0 aromatic rings. The zero-order valence-corrected chi connectivity index (χ0v) is 9.01. The van der Waals surface area contributed by atoms with E-state index in [9.17, 15) is 14.4 Å². The van der Waals surface area contributed by atoms with E-state index in [1.807, 2.05) is 0 Å². The number of unbranched alkanes of at least 4 members (excludes halogenated alkanes) is 1. The molecule has 0 amide bonds. The molecule has 5 heteroatoms. The third kappa shape index (κ3) is 6.80. The van der Waals surface area contributed by atoms with Crippen LogP contribution in [0.3, 0.4) is 0 Å². The van der Waals surface area contributed by atoms with Gasteiger partial charge in [-0.2, -0.15) is 0 Å². The Balaban J connectivity index is 3.34. The maximum atomic E-state index is 10.8. The van der Waals surface area contributed by atoms with E-state index in [1.54, 1.807) is 0 Å². The Bertz CT molecular complexity index is 218. The summed E-state index contributed by atoms with van der Waals surface area (Å²) in [5, 5.41) is -0.398. The molecular weight excluding hydrogens is 202 g/mol. The first-order valence-corrected chi connectivity index (χ1v) is 5.45. The summed E-state index contributed by atoms with van der Waals surface area (Å²) in [5.41, 5.74) is 5.37. The third-order valence-corrected chi connectivity index (χ3v) is 2.67. The van der Waals surface area contributed by atoms with Gasteiger partial charge in [-0.1, -0.05) is 18.2 Å². The highest BCUT2D eigenvalue weighted by Gasteiger charge is 2.07. The number of aldehydes is 1. The molecule has 0 saturated carbocycles. The summed E-state index contributed by atoms with van der Waals surface area (Å²) < 4.78 is 0. The van der Waals surface area contributed by atoms with Crippen molar-refractivity contribution < 1.29 is 14.4 Å². The second kappa shape index (κ2) is 7.70. The highest BCUT2D eigenvalue weighted by atomic mass is 32.2. The summed E-state index contributed by atoms with van der Waals surface area (Å²) in [6, 6.07) is -0.400. The summed E-state index contributed by atoms with van der Waals surface area (Å²) in [6.07, 6.45) is 2.95. The maximum Gasteiger partial charge on any atom is 0.254 e. The van der Waals surface area contributed by atoms with E-state index in [-0.39, 0.29) is 0 Å². The molecule has 0 heterocycles. The van der Waals surface area contributed by atoms with E-state index in [1.165, 1.54) is 6.92 Å². The van der Waals surface area contributed by atoms with Crippen LogP contribution in [-0.4, -0.2) is 29.0 Å². The van der Waals surface area contributed by atoms with Crippen LogP contribution < -0.4 is 5.73 Å². The molecule has 14 heavy (non-hydrogen) atoms. The lowest BCUT2D eigenvalue weighted by Gasteiger charge is -2.02. The van der Waals surface area contributed by atoms with Crippen LogP contribution >= 0.6 is 11.8 Å². The van der Waals surface area contributed by atoms with Crippen molar-refractivity contribution in [2.45, 2.75) is 32.2 Å².